The van der Waals surface area contributed by atoms with Crippen LogP contribution in [0.15, 0.2) is 60.8 Å². The highest BCUT2D eigenvalue weighted by Crippen LogP contribution is 2.17. The molecule has 0 aliphatic heterocycles. The number of hydrogen-bond donors (Lipinski definition) is 4. The van der Waals surface area contributed by atoms with Gasteiger partial charge in [-0.2, -0.15) is 0 Å². The summed E-state index contributed by atoms with van der Waals surface area (Å²) in [4.78, 5) is 12.6. The predicted octanol–water partition coefficient (Wildman–Crippen LogP) is 19.7. The number of hydrogen-bond acceptors (Lipinski definition) is 4. The average molecular weight is 981 g/mol. The SMILES string of the molecule is CCCCCCCCCCC/C=C\C/C=C\CCCCCCCCCCCCCCCCCCC(O)C(=O)NC(CO)C(O)/C=C/CC/C=C/CC/C=C/CCCCCCCCCCCCCCCC. The molecule has 0 saturated carbocycles. The van der Waals surface area contributed by atoms with E-state index in [9.17, 15) is 20.1 Å². The lowest BCUT2D eigenvalue weighted by molar-refractivity contribution is -0.131. The highest BCUT2D eigenvalue weighted by atomic mass is 16.3. The highest BCUT2D eigenvalue weighted by molar-refractivity contribution is 5.80. The molecule has 0 radical (unpaired) electrons. The molecule has 0 aromatic heterocycles. The van der Waals surface area contributed by atoms with Crippen LogP contribution in [0.25, 0.3) is 0 Å². The van der Waals surface area contributed by atoms with Gasteiger partial charge in [0.2, 0.25) is 5.91 Å². The Morgan fingerprint density at radius 3 is 0.957 bits per heavy atom. The lowest BCUT2D eigenvalue weighted by Crippen LogP contribution is -2.48. The molecule has 0 aromatic carbocycles. The van der Waals surface area contributed by atoms with Crippen LogP contribution in [0.1, 0.15) is 322 Å². The van der Waals surface area contributed by atoms with Crippen molar-refractivity contribution < 1.29 is 20.1 Å². The van der Waals surface area contributed by atoms with E-state index in [4.69, 9.17) is 0 Å². The summed E-state index contributed by atoms with van der Waals surface area (Å²) in [5.41, 5.74) is 0. The smallest absolute Gasteiger partial charge is 0.249 e. The quantitative estimate of drug-likeness (QED) is 0.0361. The van der Waals surface area contributed by atoms with Gasteiger partial charge in [-0.25, -0.2) is 0 Å². The summed E-state index contributed by atoms with van der Waals surface area (Å²) >= 11 is 0. The van der Waals surface area contributed by atoms with Crippen LogP contribution in [-0.2, 0) is 4.79 Å². The second-order valence-corrected chi connectivity index (χ2v) is 21.2. The van der Waals surface area contributed by atoms with Crippen LogP contribution in [0.2, 0.25) is 0 Å². The van der Waals surface area contributed by atoms with E-state index in [1.54, 1.807) is 6.08 Å². The molecule has 0 aromatic rings. The Bertz CT molecular complexity index is 1170. The summed E-state index contributed by atoms with van der Waals surface area (Å²) < 4.78 is 0. The highest BCUT2D eigenvalue weighted by Gasteiger charge is 2.22. The minimum atomic E-state index is -1.11. The van der Waals surface area contributed by atoms with Crippen LogP contribution in [0, 0.1) is 0 Å². The number of carbonyl (C=O) groups is 1. The summed E-state index contributed by atoms with van der Waals surface area (Å²) in [5.74, 6) is -0.514. The molecule has 4 N–H and O–H groups in total. The van der Waals surface area contributed by atoms with Crippen molar-refractivity contribution in [2.75, 3.05) is 6.61 Å². The Labute approximate surface area is 437 Å². The molecule has 0 rings (SSSR count). The number of nitrogens with one attached hydrogen (secondary N) is 1. The number of aliphatic hydroxyl groups is 3. The third-order valence-corrected chi connectivity index (χ3v) is 14.3. The third kappa shape index (κ3) is 53.8. The van der Waals surface area contributed by atoms with Crippen LogP contribution in [0.4, 0.5) is 0 Å². The predicted molar refractivity (Wildman–Crippen MR) is 310 cm³/mol. The van der Waals surface area contributed by atoms with Gasteiger partial charge in [-0.05, 0) is 77.0 Å². The van der Waals surface area contributed by atoms with Gasteiger partial charge in [0.05, 0.1) is 18.8 Å². The molecule has 410 valence electrons. The minimum absolute atomic E-state index is 0.382. The van der Waals surface area contributed by atoms with Gasteiger partial charge in [0.15, 0.2) is 0 Å². The van der Waals surface area contributed by atoms with Crippen molar-refractivity contribution in [3.63, 3.8) is 0 Å². The van der Waals surface area contributed by atoms with Gasteiger partial charge >= 0.3 is 0 Å². The van der Waals surface area contributed by atoms with Gasteiger partial charge in [-0.3, -0.25) is 4.79 Å². The fraction of sp³-hybridized carbons (Fsp3) is 0.831. The molecular formula is C65H121NO4. The Kier molecular flexibility index (Phi) is 58.0. The van der Waals surface area contributed by atoms with Gasteiger partial charge in [0.25, 0.3) is 0 Å². The first-order valence-electron chi connectivity index (χ1n) is 31.1. The largest absolute Gasteiger partial charge is 0.394 e. The van der Waals surface area contributed by atoms with E-state index in [0.717, 1.165) is 51.4 Å². The summed E-state index contributed by atoms with van der Waals surface area (Å²) in [6.45, 7) is 4.20. The van der Waals surface area contributed by atoms with Crippen molar-refractivity contribution in [2.24, 2.45) is 0 Å². The number of unbranched alkanes of at least 4 members (excludes halogenated alkanes) is 41. The molecule has 3 unspecified atom stereocenters. The van der Waals surface area contributed by atoms with Crippen molar-refractivity contribution in [2.45, 2.75) is 340 Å². The lowest BCUT2D eigenvalue weighted by Gasteiger charge is -2.21. The first-order valence-corrected chi connectivity index (χ1v) is 31.1. The minimum Gasteiger partial charge on any atom is -0.394 e. The summed E-state index contributed by atoms with van der Waals surface area (Å²) in [5, 5.41) is 33.4. The van der Waals surface area contributed by atoms with E-state index < -0.39 is 24.2 Å². The third-order valence-electron chi connectivity index (χ3n) is 14.3. The monoisotopic (exact) mass is 980 g/mol. The molecule has 0 saturated heterocycles. The number of aliphatic hydroxyl groups excluding tert-OH is 3. The molecule has 5 heteroatoms. The molecule has 0 heterocycles. The number of carbonyl (C=O) groups excluding carboxylic acids is 1. The lowest BCUT2D eigenvalue weighted by atomic mass is 10.0. The molecule has 1 amide bonds. The van der Waals surface area contributed by atoms with E-state index in [1.165, 1.54) is 250 Å². The van der Waals surface area contributed by atoms with Crippen LogP contribution < -0.4 is 5.32 Å². The maximum absolute atomic E-state index is 12.6. The molecule has 0 bridgehead atoms. The maximum Gasteiger partial charge on any atom is 0.249 e. The van der Waals surface area contributed by atoms with Crippen molar-refractivity contribution in [3.8, 4) is 0 Å². The molecular weight excluding hydrogens is 859 g/mol. The number of allylic oxidation sites excluding steroid dienone is 9. The van der Waals surface area contributed by atoms with Gasteiger partial charge < -0.3 is 20.6 Å². The first kappa shape index (κ1) is 68.0. The zero-order valence-electron chi connectivity index (χ0n) is 46.9. The van der Waals surface area contributed by atoms with Gasteiger partial charge in [-0.15, -0.1) is 0 Å². The second-order valence-electron chi connectivity index (χ2n) is 21.2. The van der Waals surface area contributed by atoms with Gasteiger partial charge in [0, 0.05) is 0 Å². The van der Waals surface area contributed by atoms with Gasteiger partial charge in [0.1, 0.15) is 6.10 Å². The zero-order chi connectivity index (χ0) is 50.7. The molecule has 0 spiro atoms. The van der Waals surface area contributed by atoms with Crippen molar-refractivity contribution in [1.29, 1.82) is 0 Å². The Morgan fingerprint density at radius 1 is 0.357 bits per heavy atom. The standard InChI is InChI=1S/C65H121NO4/c1-3-5-7-9-11-13-15-17-19-21-23-25-27-29-30-31-32-33-34-35-36-38-40-42-44-46-48-50-52-54-56-58-60-64(69)65(70)66-62(61-67)63(68)59-57-55-53-51-49-47-45-43-41-39-37-28-26-24-22-20-18-16-14-12-10-8-6-4-2/h23,25,29-30,41,43,49,51,57,59,62-64,67-69H,3-22,24,26-28,31-40,42,44-48,50,52-56,58,60-61H2,1-2H3,(H,66,70)/b25-23-,30-29-,43-41+,51-49+,59-57+. The fourth-order valence-corrected chi connectivity index (χ4v) is 9.49. The molecule has 5 nitrogen and oxygen atoms in total. The Morgan fingerprint density at radius 2 is 0.629 bits per heavy atom. The van der Waals surface area contributed by atoms with Crippen LogP contribution >= 0.6 is 0 Å². The second kappa shape index (κ2) is 59.6. The van der Waals surface area contributed by atoms with Crippen LogP contribution in [0.5, 0.6) is 0 Å². The molecule has 0 aliphatic rings. The average Bonchev–Trinajstić information content (AvgIpc) is 3.36. The van der Waals surface area contributed by atoms with Crippen LogP contribution in [0.3, 0.4) is 0 Å². The zero-order valence-corrected chi connectivity index (χ0v) is 46.9. The maximum atomic E-state index is 12.6. The first-order chi connectivity index (χ1) is 34.6. The van der Waals surface area contributed by atoms with E-state index in [0.29, 0.717) is 6.42 Å². The van der Waals surface area contributed by atoms with Gasteiger partial charge in [-0.1, -0.05) is 306 Å². The van der Waals surface area contributed by atoms with E-state index in [1.807, 2.05) is 6.08 Å². The molecule has 70 heavy (non-hydrogen) atoms. The number of rotatable bonds is 57. The normalized spacial score (nSPS) is 13.6. The van der Waals surface area contributed by atoms with E-state index >= 15 is 0 Å². The van der Waals surface area contributed by atoms with E-state index in [2.05, 4.69) is 67.8 Å². The summed E-state index contributed by atoms with van der Waals surface area (Å²) in [6, 6.07) is -0.824. The Balaban J connectivity index is 3.60. The topological polar surface area (TPSA) is 89.8 Å². The Hall–Kier alpha value is -1.95. The van der Waals surface area contributed by atoms with Crippen LogP contribution in [-0.4, -0.2) is 46.1 Å². The fourth-order valence-electron chi connectivity index (χ4n) is 9.49. The summed E-state index contributed by atoms with van der Waals surface area (Å²) in [6.07, 6.45) is 81.8. The molecule has 0 aliphatic carbocycles. The van der Waals surface area contributed by atoms with Crippen molar-refractivity contribution in [3.05, 3.63) is 60.8 Å². The van der Waals surface area contributed by atoms with Crippen molar-refractivity contribution in [1.82, 2.24) is 5.32 Å². The van der Waals surface area contributed by atoms with E-state index in [-0.39, 0.29) is 6.61 Å². The van der Waals surface area contributed by atoms with Crippen molar-refractivity contribution >= 4 is 5.91 Å². The molecule has 0 fully saturated rings. The summed E-state index contributed by atoms with van der Waals surface area (Å²) in [7, 11) is 0. The molecule has 3 atom stereocenters. The number of amides is 1.